The van der Waals surface area contributed by atoms with Crippen molar-refractivity contribution in [3.63, 3.8) is 0 Å². The van der Waals surface area contributed by atoms with E-state index in [2.05, 4.69) is 15.8 Å². The van der Waals surface area contributed by atoms with Crippen molar-refractivity contribution in [2.24, 2.45) is 5.73 Å². The molecule has 0 aromatic carbocycles. The number of rotatable bonds is 2. The van der Waals surface area contributed by atoms with Gasteiger partial charge in [-0.25, -0.2) is 0 Å². The summed E-state index contributed by atoms with van der Waals surface area (Å²) in [5, 5.41) is 4.13. The molecule has 2 aromatic rings. The highest BCUT2D eigenvalue weighted by atomic mass is 32.1. The molecule has 0 amide bonds. The fraction of sp³-hybridized carbons (Fsp3) is 0.222. The van der Waals surface area contributed by atoms with E-state index in [9.17, 15) is 0 Å². The number of nitrogens with zero attached hydrogens (tertiary/aromatic N) is 1. The van der Waals surface area contributed by atoms with Crippen molar-refractivity contribution in [3.05, 3.63) is 39.0 Å². The third kappa shape index (κ3) is 1.80. The van der Waals surface area contributed by atoms with Gasteiger partial charge in [0, 0.05) is 4.88 Å². The summed E-state index contributed by atoms with van der Waals surface area (Å²) in [5.41, 5.74) is 8.27. The molecule has 0 fully saturated rings. The Morgan fingerprint density at radius 1 is 1.54 bits per heavy atom. The zero-order chi connectivity index (χ0) is 9.26. The van der Waals surface area contributed by atoms with Gasteiger partial charge >= 0.3 is 0 Å². The van der Waals surface area contributed by atoms with E-state index >= 15 is 0 Å². The van der Waals surface area contributed by atoms with Gasteiger partial charge in [0.05, 0.1) is 11.7 Å². The smallest absolute Gasteiger partial charge is 0.0670 e. The Morgan fingerprint density at radius 3 is 2.92 bits per heavy atom. The van der Waals surface area contributed by atoms with Crippen LogP contribution in [0.1, 0.15) is 22.2 Å². The highest BCUT2D eigenvalue weighted by Gasteiger charge is 2.11. The third-order valence-electron chi connectivity index (χ3n) is 1.86. The molecule has 0 bridgehead atoms. The Bertz CT molecular complexity index is 378. The zero-order valence-corrected chi connectivity index (χ0v) is 8.86. The van der Waals surface area contributed by atoms with Gasteiger partial charge in [-0.2, -0.15) is 15.7 Å². The van der Waals surface area contributed by atoms with E-state index in [4.69, 9.17) is 5.73 Å². The maximum Gasteiger partial charge on any atom is 0.0670 e. The normalized spacial score (nSPS) is 13.1. The summed E-state index contributed by atoms with van der Waals surface area (Å²) in [6.07, 6.45) is 0. The van der Waals surface area contributed by atoms with Gasteiger partial charge in [0.25, 0.3) is 0 Å². The summed E-state index contributed by atoms with van der Waals surface area (Å²) in [7, 11) is 0. The van der Waals surface area contributed by atoms with Crippen LogP contribution < -0.4 is 5.73 Å². The predicted octanol–water partition coefficient (Wildman–Crippen LogP) is 2.56. The van der Waals surface area contributed by atoms with Crippen LogP contribution in [-0.2, 0) is 0 Å². The van der Waals surface area contributed by atoms with E-state index in [-0.39, 0.29) is 6.04 Å². The van der Waals surface area contributed by atoms with Crippen LogP contribution >= 0.6 is 22.9 Å². The lowest BCUT2D eigenvalue weighted by Gasteiger charge is -2.04. The van der Waals surface area contributed by atoms with Crippen molar-refractivity contribution >= 4 is 22.9 Å². The molecule has 68 valence electrons. The van der Waals surface area contributed by atoms with Gasteiger partial charge in [-0.1, -0.05) is 0 Å². The number of thiophene rings is 1. The largest absolute Gasteiger partial charge is 0.320 e. The van der Waals surface area contributed by atoms with E-state index in [1.165, 1.54) is 17.1 Å². The average molecular weight is 210 g/mol. The zero-order valence-electron chi connectivity index (χ0n) is 7.23. The van der Waals surface area contributed by atoms with Crippen LogP contribution in [0, 0.1) is 6.92 Å². The highest BCUT2D eigenvalue weighted by molar-refractivity contribution is 7.08. The monoisotopic (exact) mass is 210 g/mol. The summed E-state index contributed by atoms with van der Waals surface area (Å²) < 4.78 is 4.21. The number of aromatic nitrogens is 1. The Labute approximate surface area is 85.2 Å². The molecule has 0 saturated heterocycles. The van der Waals surface area contributed by atoms with E-state index in [1.54, 1.807) is 11.3 Å². The molecule has 13 heavy (non-hydrogen) atoms. The fourth-order valence-corrected chi connectivity index (χ4v) is 2.62. The van der Waals surface area contributed by atoms with Crippen LogP contribution in [0.25, 0.3) is 0 Å². The second-order valence-corrected chi connectivity index (χ2v) is 4.52. The number of aryl methyl sites for hydroxylation is 1. The maximum atomic E-state index is 6.05. The molecule has 2 heterocycles. The summed E-state index contributed by atoms with van der Waals surface area (Å²) >= 11 is 3.16. The van der Waals surface area contributed by atoms with Crippen molar-refractivity contribution in [1.29, 1.82) is 0 Å². The van der Waals surface area contributed by atoms with Crippen molar-refractivity contribution in [2.75, 3.05) is 0 Å². The fourth-order valence-electron chi connectivity index (χ4n) is 1.15. The van der Waals surface area contributed by atoms with Gasteiger partial charge in [-0.3, -0.25) is 0 Å². The molecule has 0 saturated carbocycles. The Morgan fingerprint density at radius 2 is 2.38 bits per heavy atom. The lowest BCUT2D eigenvalue weighted by atomic mass is 10.1. The van der Waals surface area contributed by atoms with Crippen LogP contribution in [0.4, 0.5) is 0 Å². The summed E-state index contributed by atoms with van der Waals surface area (Å²) in [6.45, 7) is 1.99. The first-order valence-corrected chi connectivity index (χ1v) is 5.70. The minimum Gasteiger partial charge on any atom is -0.320 e. The van der Waals surface area contributed by atoms with Crippen LogP contribution in [0.2, 0.25) is 0 Å². The lowest BCUT2D eigenvalue weighted by Crippen LogP contribution is -2.08. The predicted molar refractivity (Wildman–Crippen MR) is 57.2 cm³/mol. The molecule has 2 N–H and O–H groups in total. The Kier molecular flexibility index (Phi) is 2.44. The number of nitrogens with two attached hydrogens (primary N) is 1. The Hall–Kier alpha value is -0.710. The maximum absolute atomic E-state index is 6.05. The molecule has 0 spiro atoms. The molecule has 2 aromatic heterocycles. The van der Waals surface area contributed by atoms with Gasteiger partial charge in [-0.15, -0.1) is 0 Å². The summed E-state index contributed by atoms with van der Waals surface area (Å²) in [6, 6.07) is 4.11. The molecule has 0 aliphatic carbocycles. The van der Waals surface area contributed by atoms with Crippen LogP contribution in [0.3, 0.4) is 0 Å². The van der Waals surface area contributed by atoms with Crippen molar-refractivity contribution in [3.8, 4) is 0 Å². The van der Waals surface area contributed by atoms with Crippen molar-refractivity contribution in [1.82, 2.24) is 4.37 Å². The second-order valence-electron chi connectivity index (χ2n) is 2.91. The number of hydrogen-bond donors (Lipinski definition) is 1. The molecular formula is C9H10N2S2. The molecule has 2 rings (SSSR count). The second kappa shape index (κ2) is 3.57. The van der Waals surface area contributed by atoms with Gasteiger partial charge < -0.3 is 5.73 Å². The molecule has 1 unspecified atom stereocenters. The van der Waals surface area contributed by atoms with Crippen LogP contribution in [0.15, 0.2) is 22.9 Å². The lowest BCUT2D eigenvalue weighted by molar-refractivity contribution is 0.898. The van der Waals surface area contributed by atoms with E-state index < -0.39 is 0 Å². The molecule has 1 atom stereocenters. The van der Waals surface area contributed by atoms with Crippen LogP contribution in [0.5, 0.6) is 0 Å². The molecule has 0 aliphatic rings. The van der Waals surface area contributed by atoms with Crippen molar-refractivity contribution in [2.45, 2.75) is 13.0 Å². The average Bonchev–Trinajstić information content (AvgIpc) is 2.72. The first kappa shape index (κ1) is 8.87. The van der Waals surface area contributed by atoms with Gasteiger partial charge in [0.1, 0.15) is 0 Å². The molecular weight excluding hydrogens is 200 g/mol. The number of hydrogen-bond acceptors (Lipinski definition) is 4. The quantitative estimate of drug-likeness (QED) is 0.827. The highest BCUT2D eigenvalue weighted by Crippen LogP contribution is 2.24. The molecule has 2 nitrogen and oxygen atoms in total. The van der Waals surface area contributed by atoms with Crippen LogP contribution in [-0.4, -0.2) is 4.37 Å². The van der Waals surface area contributed by atoms with Gasteiger partial charge in [-0.05, 0) is 46.9 Å². The molecule has 4 heteroatoms. The van der Waals surface area contributed by atoms with E-state index in [0.29, 0.717) is 0 Å². The third-order valence-corrected chi connectivity index (χ3v) is 3.52. The van der Waals surface area contributed by atoms with Crippen molar-refractivity contribution < 1.29 is 0 Å². The topological polar surface area (TPSA) is 38.9 Å². The standard InChI is InChI=1S/C9H10N2S2/c1-6-4-8(13-11-6)9(10)7-2-3-12-5-7/h2-5,9H,10H2,1H3. The van der Waals surface area contributed by atoms with E-state index in [1.807, 2.05) is 18.4 Å². The summed E-state index contributed by atoms with van der Waals surface area (Å²) in [4.78, 5) is 1.14. The summed E-state index contributed by atoms with van der Waals surface area (Å²) in [5.74, 6) is 0. The molecule has 0 radical (unpaired) electrons. The first-order chi connectivity index (χ1) is 6.27. The Balaban J connectivity index is 2.28. The minimum absolute atomic E-state index is 0.00236. The molecule has 0 aliphatic heterocycles. The van der Waals surface area contributed by atoms with Gasteiger partial charge in [0.15, 0.2) is 0 Å². The van der Waals surface area contributed by atoms with Gasteiger partial charge in [0.2, 0.25) is 0 Å². The SMILES string of the molecule is Cc1cc(C(N)c2ccsc2)sn1. The van der Waals surface area contributed by atoms with E-state index in [0.717, 1.165) is 10.6 Å². The minimum atomic E-state index is -0.00236. The first-order valence-electron chi connectivity index (χ1n) is 3.98.